The molecule has 3 rings (SSSR count). The summed E-state index contributed by atoms with van der Waals surface area (Å²) in [7, 11) is 2.40. The molecule has 2 aromatic heterocycles. The Hall–Kier alpha value is -2.05. The van der Waals surface area contributed by atoms with Crippen molar-refractivity contribution in [3.05, 3.63) is 53.3 Å². The smallest absolute Gasteiger partial charge is 0.200 e. The summed E-state index contributed by atoms with van der Waals surface area (Å²) in [5.41, 5.74) is 5.16. The summed E-state index contributed by atoms with van der Waals surface area (Å²) in [6, 6.07) is 9.91. The van der Waals surface area contributed by atoms with Gasteiger partial charge in [0, 0.05) is 27.0 Å². The lowest BCUT2D eigenvalue weighted by molar-refractivity contribution is 0.193. The van der Waals surface area contributed by atoms with Crippen molar-refractivity contribution in [1.29, 1.82) is 0 Å². The van der Waals surface area contributed by atoms with Gasteiger partial charge in [-0.05, 0) is 55.5 Å². The molecule has 138 valence electrons. The zero-order valence-corrected chi connectivity index (χ0v) is 16.4. The molecule has 0 radical (unpaired) electrons. The summed E-state index contributed by atoms with van der Waals surface area (Å²) in [4.78, 5) is 9.03. The second-order valence-corrected chi connectivity index (χ2v) is 7.77. The fourth-order valence-corrected chi connectivity index (χ4v) is 4.39. The molecule has 3 aromatic rings. The van der Waals surface area contributed by atoms with E-state index in [1.54, 1.807) is 7.11 Å². The van der Waals surface area contributed by atoms with Crippen molar-refractivity contribution in [3.63, 3.8) is 0 Å². The second kappa shape index (κ2) is 8.56. The Morgan fingerprint density at radius 1 is 1.19 bits per heavy atom. The third-order valence-corrected chi connectivity index (χ3v) is 5.99. The molecule has 0 aliphatic carbocycles. The Morgan fingerprint density at radius 2 is 2.00 bits per heavy atom. The maximum Gasteiger partial charge on any atom is 0.200 e. The van der Waals surface area contributed by atoms with Crippen LogP contribution < -0.4 is 0 Å². The monoisotopic (exact) mass is 371 g/mol. The maximum atomic E-state index is 12.9. The van der Waals surface area contributed by atoms with E-state index in [4.69, 9.17) is 4.74 Å². The van der Waals surface area contributed by atoms with Crippen LogP contribution in [0.15, 0.2) is 41.7 Å². The summed E-state index contributed by atoms with van der Waals surface area (Å²) in [5, 5.41) is 0.595. The minimum absolute atomic E-state index is 0.384. The highest BCUT2D eigenvalue weighted by Crippen LogP contribution is 2.21. The Bertz CT molecular complexity index is 921. The van der Waals surface area contributed by atoms with Gasteiger partial charge in [-0.25, -0.2) is 4.98 Å². The lowest BCUT2D eigenvalue weighted by Gasteiger charge is -2.10. The highest BCUT2D eigenvalue weighted by molar-refractivity contribution is 7.84. The van der Waals surface area contributed by atoms with E-state index in [9.17, 15) is 4.21 Å². The number of fused-ring (bicyclic) bond motifs is 1. The topological polar surface area (TPSA) is 57.0 Å². The largest absolute Gasteiger partial charge is 0.385 e. The lowest BCUT2D eigenvalue weighted by Crippen LogP contribution is -2.07. The lowest BCUT2D eigenvalue weighted by atomic mass is 10.0. The molecule has 1 unspecified atom stereocenters. The zero-order chi connectivity index (χ0) is 18.5. The Kier molecular flexibility index (Phi) is 6.16. The quantitative estimate of drug-likeness (QED) is 0.568. The molecule has 0 saturated carbocycles. The molecule has 1 atom stereocenters. The molecule has 0 fully saturated rings. The van der Waals surface area contributed by atoms with E-state index in [0.29, 0.717) is 10.9 Å². The van der Waals surface area contributed by atoms with Crippen molar-refractivity contribution >= 4 is 21.8 Å². The maximum absolute atomic E-state index is 12.9. The number of aryl methyl sites for hydroxylation is 2. The summed E-state index contributed by atoms with van der Waals surface area (Å²) in [6.45, 7) is 2.85. The molecule has 0 aliphatic heterocycles. The molecular weight excluding hydrogens is 346 g/mol. The number of nitrogens with zero attached hydrogens (tertiary/aromatic N) is 3. The molecule has 26 heavy (non-hydrogen) atoms. The van der Waals surface area contributed by atoms with E-state index in [1.165, 1.54) is 5.56 Å². The minimum atomic E-state index is -1.24. The number of pyridine rings is 1. The first-order chi connectivity index (χ1) is 12.6. The van der Waals surface area contributed by atoms with Crippen LogP contribution in [0.5, 0.6) is 0 Å². The number of unbranched alkanes of at least 4 members (excludes halogenated alkanes) is 1. The van der Waals surface area contributed by atoms with E-state index in [1.807, 2.05) is 42.1 Å². The molecule has 0 bridgehead atoms. The standard InChI is InChI=1S/C20H25N3O2S/c1-15-16(8-6-7-13-25-3)11-12-21-18(15)14-26(24)20-22-17-9-4-5-10-19(17)23(20)2/h4-5,9-12H,6-8,13-14H2,1-3H3. The number of benzene rings is 1. The first-order valence-corrected chi connectivity index (χ1v) is 10.2. The molecule has 6 heteroatoms. The highest BCUT2D eigenvalue weighted by Gasteiger charge is 2.16. The summed E-state index contributed by atoms with van der Waals surface area (Å²) in [5.74, 6) is 0.384. The van der Waals surface area contributed by atoms with Crippen molar-refractivity contribution < 1.29 is 8.95 Å². The van der Waals surface area contributed by atoms with E-state index in [2.05, 4.69) is 23.0 Å². The number of imidazole rings is 1. The van der Waals surface area contributed by atoms with Crippen molar-refractivity contribution in [2.24, 2.45) is 7.05 Å². The van der Waals surface area contributed by atoms with Crippen LogP contribution in [0.3, 0.4) is 0 Å². The van der Waals surface area contributed by atoms with Crippen molar-refractivity contribution in [3.8, 4) is 0 Å². The van der Waals surface area contributed by atoms with E-state index in [-0.39, 0.29) is 0 Å². The van der Waals surface area contributed by atoms with Crippen LogP contribution >= 0.6 is 0 Å². The van der Waals surface area contributed by atoms with Crippen LogP contribution in [-0.2, 0) is 34.8 Å². The Balaban J connectivity index is 1.77. The van der Waals surface area contributed by atoms with Crippen molar-refractivity contribution in [1.82, 2.24) is 14.5 Å². The number of hydrogen-bond acceptors (Lipinski definition) is 4. The molecule has 1 aromatic carbocycles. The third-order valence-electron chi connectivity index (χ3n) is 4.68. The first kappa shape index (κ1) is 18.7. The number of para-hydroxylation sites is 2. The highest BCUT2D eigenvalue weighted by atomic mass is 32.2. The summed E-state index contributed by atoms with van der Waals surface area (Å²) < 4.78 is 20.0. The SMILES string of the molecule is COCCCCc1ccnc(CS(=O)c2nc3ccccc3n2C)c1C. The summed E-state index contributed by atoms with van der Waals surface area (Å²) >= 11 is 0. The van der Waals surface area contributed by atoms with Crippen LogP contribution in [0.2, 0.25) is 0 Å². The molecule has 2 heterocycles. The first-order valence-electron chi connectivity index (χ1n) is 8.84. The van der Waals surface area contributed by atoms with Gasteiger partial charge in [-0.1, -0.05) is 12.1 Å². The molecule has 0 saturated heterocycles. The zero-order valence-electron chi connectivity index (χ0n) is 15.6. The van der Waals surface area contributed by atoms with Gasteiger partial charge in [0.15, 0.2) is 5.16 Å². The van der Waals surface area contributed by atoms with Gasteiger partial charge in [0.05, 0.1) is 33.3 Å². The normalized spacial score (nSPS) is 12.6. The number of ether oxygens (including phenoxy) is 1. The predicted molar refractivity (Wildman–Crippen MR) is 105 cm³/mol. The average Bonchev–Trinajstić information content (AvgIpc) is 2.99. The molecule has 5 nitrogen and oxygen atoms in total. The summed E-state index contributed by atoms with van der Waals surface area (Å²) in [6.07, 6.45) is 4.93. The van der Waals surface area contributed by atoms with E-state index in [0.717, 1.165) is 48.2 Å². The van der Waals surface area contributed by atoms with E-state index < -0.39 is 10.8 Å². The Morgan fingerprint density at radius 3 is 2.77 bits per heavy atom. The number of aromatic nitrogens is 3. The van der Waals surface area contributed by atoms with Gasteiger partial charge >= 0.3 is 0 Å². The van der Waals surface area contributed by atoms with Crippen molar-refractivity contribution in [2.75, 3.05) is 13.7 Å². The van der Waals surface area contributed by atoms with Crippen LogP contribution in [-0.4, -0.2) is 32.5 Å². The predicted octanol–water partition coefficient (Wildman–Crippen LogP) is 3.55. The number of methoxy groups -OCH3 is 1. The van der Waals surface area contributed by atoms with E-state index >= 15 is 0 Å². The Labute approximate surface area is 156 Å². The van der Waals surface area contributed by atoms with Crippen LogP contribution in [0, 0.1) is 6.92 Å². The van der Waals surface area contributed by atoms with Gasteiger partial charge in [0.1, 0.15) is 0 Å². The molecule has 0 amide bonds. The molecule has 0 spiro atoms. The van der Waals surface area contributed by atoms with Gasteiger partial charge in [0.2, 0.25) is 0 Å². The molecular formula is C20H25N3O2S. The van der Waals surface area contributed by atoms with Crippen molar-refractivity contribution in [2.45, 2.75) is 37.1 Å². The average molecular weight is 372 g/mol. The van der Waals surface area contributed by atoms with Crippen LogP contribution in [0.1, 0.15) is 29.7 Å². The fourth-order valence-electron chi connectivity index (χ4n) is 3.12. The van der Waals surface area contributed by atoms with Gasteiger partial charge in [-0.3, -0.25) is 9.19 Å². The number of rotatable bonds is 8. The molecule has 0 aliphatic rings. The minimum Gasteiger partial charge on any atom is -0.385 e. The second-order valence-electron chi connectivity index (χ2n) is 6.42. The third kappa shape index (κ3) is 4.02. The van der Waals surface area contributed by atoms with Crippen LogP contribution in [0.4, 0.5) is 0 Å². The van der Waals surface area contributed by atoms with Gasteiger partial charge in [-0.2, -0.15) is 0 Å². The fraction of sp³-hybridized carbons (Fsp3) is 0.400. The van der Waals surface area contributed by atoms with Gasteiger partial charge in [-0.15, -0.1) is 0 Å². The molecule has 0 N–H and O–H groups in total. The number of hydrogen-bond donors (Lipinski definition) is 0. The van der Waals surface area contributed by atoms with Gasteiger partial charge in [0.25, 0.3) is 0 Å². The van der Waals surface area contributed by atoms with Gasteiger partial charge < -0.3 is 9.30 Å². The van der Waals surface area contributed by atoms with Crippen LogP contribution in [0.25, 0.3) is 11.0 Å².